The van der Waals surface area contributed by atoms with Gasteiger partial charge in [0.15, 0.2) is 5.82 Å². The fraction of sp³-hybridized carbons (Fsp3) is 0. The highest BCUT2D eigenvalue weighted by Crippen LogP contribution is 2.30. The Morgan fingerprint density at radius 3 is 1.58 bits per heavy atom. The third kappa shape index (κ3) is 4.32. The summed E-state index contributed by atoms with van der Waals surface area (Å²) in [6, 6.07) is 39.3. The van der Waals surface area contributed by atoms with Gasteiger partial charge in [-0.05, 0) is 35.4 Å². The molecule has 0 radical (unpaired) electrons. The standard InChI is InChI=1S/C28H19BrN2/c29-25-16-14-22(15-17-25)27-19-26(21-10-5-2-6-11-21)30-28(31-27)24-13-7-12-23(18-24)20-8-3-1-4-9-20/h1-19H. The Bertz CT molecular complexity index is 1310. The molecule has 0 saturated heterocycles. The molecule has 0 atom stereocenters. The molecule has 0 unspecified atom stereocenters. The predicted molar refractivity (Wildman–Crippen MR) is 131 cm³/mol. The average Bonchev–Trinajstić information content (AvgIpc) is 2.85. The molecule has 0 amide bonds. The zero-order valence-corrected chi connectivity index (χ0v) is 18.3. The van der Waals surface area contributed by atoms with Crippen LogP contribution in [-0.4, -0.2) is 9.97 Å². The first-order valence-electron chi connectivity index (χ1n) is 10.1. The van der Waals surface area contributed by atoms with Crippen LogP contribution in [0, 0.1) is 0 Å². The summed E-state index contributed by atoms with van der Waals surface area (Å²) >= 11 is 3.52. The van der Waals surface area contributed by atoms with Crippen molar-refractivity contribution in [2.45, 2.75) is 0 Å². The third-order valence-electron chi connectivity index (χ3n) is 5.16. The molecule has 0 fully saturated rings. The Labute approximate surface area is 190 Å². The maximum Gasteiger partial charge on any atom is 0.160 e. The maximum atomic E-state index is 4.94. The van der Waals surface area contributed by atoms with Gasteiger partial charge in [0, 0.05) is 21.2 Å². The quantitative estimate of drug-likeness (QED) is 0.271. The number of benzene rings is 4. The van der Waals surface area contributed by atoms with Gasteiger partial charge >= 0.3 is 0 Å². The second-order valence-electron chi connectivity index (χ2n) is 7.28. The summed E-state index contributed by atoms with van der Waals surface area (Å²) in [6.07, 6.45) is 0. The summed E-state index contributed by atoms with van der Waals surface area (Å²) in [5.41, 5.74) is 7.27. The van der Waals surface area contributed by atoms with E-state index in [4.69, 9.17) is 9.97 Å². The number of rotatable bonds is 4. The van der Waals surface area contributed by atoms with E-state index in [1.807, 2.05) is 36.4 Å². The molecule has 2 nitrogen and oxygen atoms in total. The molecule has 5 aromatic rings. The van der Waals surface area contributed by atoms with Gasteiger partial charge in [0.25, 0.3) is 0 Å². The van der Waals surface area contributed by atoms with Gasteiger partial charge in [-0.3, -0.25) is 0 Å². The molecule has 1 heterocycles. The smallest absolute Gasteiger partial charge is 0.160 e. The van der Waals surface area contributed by atoms with Crippen molar-refractivity contribution in [2.24, 2.45) is 0 Å². The molecule has 1 aromatic heterocycles. The number of hydrogen-bond acceptors (Lipinski definition) is 2. The van der Waals surface area contributed by atoms with Gasteiger partial charge in [0.05, 0.1) is 11.4 Å². The molecule has 3 heteroatoms. The lowest BCUT2D eigenvalue weighted by atomic mass is 10.0. The van der Waals surface area contributed by atoms with E-state index in [-0.39, 0.29) is 0 Å². The van der Waals surface area contributed by atoms with Gasteiger partial charge in [-0.25, -0.2) is 9.97 Å². The van der Waals surface area contributed by atoms with Crippen molar-refractivity contribution in [3.8, 4) is 45.0 Å². The van der Waals surface area contributed by atoms with Crippen molar-refractivity contribution in [1.29, 1.82) is 0 Å². The van der Waals surface area contributed by atoms with Gasteiger partial charge in [0.1, 0.15) is 0 Å². The molecule has 4 aromatic carbocycles. The van der Waals surface area contributed by atoms with Gasteiger partial charge in [-0.2, -0.15) is 0 Å². The monoisotopic (exact) mass is 462 g/mol. The van der Waals surface area contributed by atoms with E-state index in [9.17, 15) is 0 Å². The van der Waals surface area contributed by atoms with Crippen LogP contribution in [0.1, 0.15) is 0 Å². The number of halogens is 1. The number of nitrogens with zero attached hydrogens (tertiary/aromatic N) is 2. The Hall–Kier alpha value is -3.56. The van der Waals surface area contributed by atoms with E-state index >= 15 is 0 Å². The summed E-state index contributed by atoms with van der Waals surface area (Å²) in [5, 5.41) is 0. The normalized spacial score (nSPS) is 10.7. The van der Waals surface area contributed by atoms with E-state index in [0.717, 1.165) is 43.9 Å². The van der Waals surface area contributed by atoms with E-state index in [0.29, 0.717) is 0 Å². The van der Waals surface area contributed by atoms with Crippen LogP contribution in [0.4, 0.5) is 0 Å². The minimum absolute atomic E-state index is 0.719. The molecule has 0 aliphatic rings. The Morgan fingerprint density at radius 1 is 0.419 bits per heavy atom. The molecular weight excluding hydrogens is 444 g/mol. The van der Waals surface area contributed by atoms with Crippen LogP contribution in [-0.2, 0) is 0 Å². The number of aromatic nitrogens is 2. The summed E-state index contributed by atoms with van der Waals surface area (Å²) < 4.78 is 1.05. The van der Waals surface area contributed by atoms with Crippen molar-refractivity contribution < 1.29 is 0 Å². The molecule has 0 bridgehead atoms. The fourth-order valence-electron chi connectivity index (χ4n) is 3.57. The second-order valence-corrected chi connectivity index (χ2v) is 8.20. The van der Waals surface area contributed by atoms with Gasteiger partial charge in [0.2, 0.25) is 0 Å². The lowest BCUT2D eigenvalue weighted by Gasteiger charge is -2.10. The van der Waals surface area contributed by atoms with E-state index in [2.05, 4.69) is 94.8 Å². The molecule has 0 spiro atoms. The fourth-order valence-corrected chi connectivity index (χ4v) is 3.83. The lowest BCUT2D eigenvalue weighted by Crippen LogP contribution is -1.96. The van der Waals surface area contributed by atoms with Gasteiger partial charge < -0.3 is 0 Å². The topological polar surface area (TPSA) is 25.8 Å². The van der Waals surface area contributed by atoms with Crippen LogP contribution >= 0.6 is 15.9 Å². The third-order valence-corrected chi connectivity index (χ3v) is 5.69. The van der Waals surface area contributed by atoms with Crippen molar-refractivity contribution in [2.75, 3.05) is 0 Å². The van der Waals surface area contributed by atoms with Crippen LogP contribution < -0.4 is 0 Å². The zero-order valence-electron chi connectivity index (χ0n) is 16.7. The first kappa shape index (κ1) is 19.4. The molecule has 5 rings (SSSR count). The summed E-state index contributed by atoms with van der Waals surface area (Å²) in [4.78, 5) is 9.87. The first-order valence-corrected chi connectivity index (χ1v) is 10.9. The first-order chi connectivity index (χ1) is 15.3. The highest BCUT2D eigenvalue weighted by molar-refractivity contribution is 9.10. The molecule has 0 N–H and O–H groups in total. The summed E-state index contributed by atoms with van der Waals surface area (Å²) in [5.74, 6) is 0.719. The Balaban J connectivity index is 1.66. The van der Waals surface area contributed by atoms with E-state index in [1.165, 1.54) is 5.56 Å². The van der Waals surface area contributed by atoms with Crippen LogP contribution in [0.25, 0.3) is 45.0 Å². The molecule has 0 aliphatic carbocycles. The lowest BCUT2D eigenvalue weighted by molar-refractivity contribution is 1.18. The van der Waals surface area contributed by atoms with Crippen molar-refractivity contribution in [3.63, 3.8) is 0 Å². The number of hydrogen-bond donors (Lipinski definition) is 0. The van der Waals surface area contributed by atoms with Crippen LogP contribution in [0.5, 0.6) is 0 Å². The SMILES string of the molecule is Brc1ccc(-c2cc(-c3ccccc3)nc(-c3cccc(-c4ccccc4)c3)n2)cc1. The summed E-state index contributed by atoms with van der Waals surface area (Å²) in [6.45, 7) is 0. The molecule has 0 aliphatic heterocycles. The molecule has 148 valence electrons. The maximum absolute atomic E-state index is 4.94. The molecule has 0 saturated carbocycles. The van der Waals surface area contributed by atoms with Crippen LogP contribution in [0.3, 0.4) is 0 Å². The van der Waals surface area contributed by atoms with Crippen LogP contribution in [0.15, 0.2) is 120 Å². The van der Waals surface area contributed by atoms with Crippen LogP contribution in [0.2, 0.25) is 0 Å². The largest absolute Gasteiger partial charge is 0.228 e. The van der Waals surface area contributed by atoms with E-state index < -0.39 is 0 Å². The highest BCUT2D eigenvalue weighted by atomic mass is 79.9. The Kier molecular flexibility index (Phi) is 5.42. The van der Waals surface area contributed by atoms with E-state index in [1.54, 1.807) is 0 Å². The molecular formula is C28H19BrN2. The van der Waals surface area contributed by atoms with Gasteiger partial charge in [-0.15, -0.1) is 0 Å². The Morgan fingerprint density at radius 2 is 0.935 bits per heavy atom. The van der Waals surface area contributed by atoms with Crippen molar-refractivity contribution in [3.05, 3.63) is 120 Å². The zero-order chi connectivity index (χ0) is 21.0. The van der Waals surface area contributed by atoms with Crippen molar-refractivity contribution in [1.82, 2.24) is 9.97 Å². The summed E-state index contributed by atoms with van der Waals surface area (Å²) in [7, 11) is 0. The highest BCUT2D eigenvalue weighted by Gasteiger charge is 2.11. The minimum atomic E-state index is 0.719. The van der Waals surface area contributed by atoms with Crippen molar-refractivity contribution >= 4 is 15.9 Å². The second kappa shape index (κ2) is 8.66. The predicted octanol–water partition coefficient (Wildman–Crippen LogP) is 7.91. The minimum Gasteiger partial charge on any atom is -0.228 e. The average molecular weight is 463 g/mol. The van der Waals surface area contributed by atoms with Gasteiger partial charge in [-0.1, -0.05) is 107 Å². The molecule has 31 heavy (non-hydrogen) atoms.